The first-order valence-corrected chi connectivity index (χ1v) is 9.04. The molecule has 0 saturated carbocycles. The van der Waals surface area contributed by atoms with E-state index in [4.69, 9.17) is 23.1 Å². The first kappa shape index (κ1) is 17.2. The number of benzene rings is 3. The van der Waals surface area contributed by atoms with Gasteiger partial charge in [0.15, 0.2) is 5.11 Å². The quantitative estimate of drug-likeness (QED) is 0.524. The van der Waals surface area contributed by atoms with Gasteiger partial charge in [-0.2, -0.15) is 0 Å². The summed E-state index contributed by atoms with van der Waals surface area (Å²) in [4.78, 5) is 12.9. The average Bonchev–Trinajstić information content (AvgIpc) is 3.03. The van der Waals surface area contributed by atoms with Gasteiger partial charge in [-0.15, -0.1) is 0 Å². The molecule has 0 heterocycles. The summed E-state index contributed by atoms with van der Waals surface area (Å²) in [6, 6.07) is 21.5. The van der Waals surface area contributed by atoms with Crippen molar-refractivity contribution in [3.63, 3.8) is 0 Å². The largest absolute Gasteiger partial charge is 0.478 e. The summed E-state index contributed by atoms with van der Waals surface area (Å²) in [5.41, 5.74) is 13.3. The number of fused-ring (bicyclic) bond motifs is 3. The molecule has 0 aliphatic heterocycles. The third-order valence-corrected chi connectivity index (χ3v) is 5.11. The second-order valence-electron chi connectivity index (χ2n) is 6.60. The van der Waals surface area contributed by atoms with Crippen molar-refractivity contribution in [2.45, 2.75) is 13.0 Å². The van der Waals surface area contributed by atoms with Gasteiger partial charge in [0.25, 0.3) is 0 Å². The van der Waals surface area contributed by atoms with E-state index in [1.54, 1.807) is 24.3 Å². The molecule has 5 heteroatoms. The van der Waals surface area contributed by atoms with Gasteiger partial charge in [-0.3, -0.25) is 0 Å². The van der Waals surface area contributed by atoms with Crippen molar-refractivity contribution in [3.8, 4) is 11.1 Å². The predicted molar refractivity (Wildman–Crippen MR) is 111 cm³/mol. The van der Waals surface area contributed by atoms with Gasteiger partial charge < -0.3 is 15.7 Å². The van der Waals surface area contributed by atoms with Crippen molar-refractivity contribution < 1.29 is 9.90 Å². The summed E-state index contributed by atoms with van der Waals surface area (Å²) in [7, 11) is 0. The van der Waals surface area contributed by atoms with E-state index in [0.717, 1.165) is 17.7 Å². The first-order chi connectivity index (χ1) is 13.0. The Labute approximate surface area is 162 Å². The Balaban J connectivity index is 1.61. The van der Waals surface area contributed by atoms with E-state index in [0.29, 0.717) is 6.54 Å². The highest BCUT2D eigenvalue weighted by molar-refractivity contribution is 7.80. The summed E-state index contributed by atoms with van der Waals surface area (Å²) in [5, 5.41) is 9.31. The zero-order valence-corrected chi connectivity index (χ0v) is 15.4. The third kappa shape index (κ3) is 3.29. The molecule has 0 spiro atoms. The van der Waals surface area contributed by atoms with E-state index in [2.05, 4.69) is 42.5 Å². The summed E-state index contributed by atoms with van der Waals surface area (Å²) >= 11 is 5.23. The number of carbonyl (C=O) groups is 1. The lowest BCUT2D eigenvalue weighted by Crippen LogP contribution is -2.35. The van der Waals surface area contributed by atoms with Crippen molar-refractivity contribution in [1.29, 1.82) is 0 Å². The normalized spacial score (nSPS) is 11.6. The minimum absolute atomic E-state index is 0.233. The Hall–Kier alpha value is -3.18. The van der Waals surface area contributed by atoms with Crippen LogP contribution in [0.1, 0.15) is 27.0 Å². The molecule has 3 aromatic carbocycles. The standard InChI is InChI=1S/C22H18N2O2S/c23-22(27)24(18-8-6-15(7-9-18)21(25)26)13-14-5-10-20-17(11-14)12-16-3-1-2-4-19(16)20/h1-11H,12-13H2,(H2,23,27)(H,25,26). The maximum atomic E-state index is 11.0. The minimum atomic E-state index is -0.957. The molecule has 0 amide bonds. The Morgan fingerprint density at radius 3 is 2.41 bits per heavy atom. The Morgan fingerprint density at radius 2 is 1.70 bits per heavy atom. The highest BCUT2D eigenvalue weighted by Gasteiger charge is 2.19. The van der Waals surface area contributed by atoms with E-state index >= 15 is 0 Å². The molecule has 0 radical (unpaired) electrons. The van der Waals surface area contributed by atoms with Crippen LogP contribution in [-0.4, -0.2) is 16.2 Å². The molecule has 0 atom stereocenters. The molecule has 4 rings (SSSR count). The van der Waals surface area contributed by atoms with Crippen molar-refractivity contribution in [1.82, 2.24) is 0 Å². The van der Waals surface area contributed by atoms with Gasteiger partial charge >= 0.3 is 5.97 Å². The van der Waals surface area contributed by atoms with Crippen LogP contribution < -0.4 is 10.6 Å². The van der Waals surface area contributed by atoms with Crippen molar-refractivity contribution >= 4 is 29.0 Å². The van der Waals surface area contributed by atoms with Crippen molar-refractivity contribution in [2.75, 3.05) is 4.90 Å². The molecule has 0 saturated heterocycles. The first-order valence-electron chi connectivity index (χ1n) is 8.63. The maximum Gasteiger partial charge on any atom is 0.335 e. The van der Waals surface area contributed by atoms with Gasteiger partial charge in [-0.25, -0.2) is 4.79 Å². The zero-order valence-electron chi connectivity index (χ0n) is 14.6. The van der Waals surface area contributed by atoms with E-state index in [1.165, 1.54) is 22.3 Å². The number of nitrogens with two attached hydrogens (primary N) is 1. The molecular formula is C22H18N2O2S. The molecule has 0 aromatic heterocycles. The Morgan fingerprint density at radius 1 is 1.00 bits per heavy atom. The molecule has 0 unspecified atom stereocenters. The summed E-state index contributed by atoms with van der Waals surface area (Å²) in [5.74, 6) is -0.957. The predicted octanol–water partition coefficient (Wildman–Crippen LogP) is 4.21. The fraction of sp³-hybridized carbons (Fsp3) is 0.0909. The molecule has 1 aliphatic carbocycles. The van der Waals surface area contributed by atoms with Crippen LogP contribution >= 0.6 is 12.2 Å². The number of nitrogens with zero attached hydrogens (tertiary/aromatic N) is 1. The van der Waals surface area contributed by atoms with Crippen LogP contribution in [0.3, 0.4) is 0 Å². The molecule has 4 nitrogen and oxygen atoms in total. The Kier molecular flexibility index (Phi) is 4.38. The number of carboxylic acid groups (broad SMARTS) is 1. The zero-order chi connectivity index (χ0) is 19.0. The summed E-state index contributed by atoms with van der Waals surface area (Å²) in [6.07, 6.45) is 0.930. The highest BCUT2D eigenvalue weighted by Crippen LogP contribution is 2.37. The highest BCUT2D eigenvalue weighted by atomic mass is 32.1. The Bertz CT molecular complexity index is 1040. The fourth-order valence-electron chi connectivity index (χ4n) is 3.56. The van der Waals surface area contributed by atoms with Gasteiger partial charge in [0.2, 0.25) is 0 Å². The smallest absolute Gasteiger partial charge is 0.335 e. The monoisotopic (exact) mass is 374 g/mol. The number of hydrogen-bond donors (Lipinski definition) is 2. The van der Waals surface area contributed by atoms with Gasteiger partial charge in [-0.05, 0) is 70.7 Å². The van der Waals surface area contributed by atoms with Crippen molar-refractivity contribution in [3.05, 3.63) is 89.0 Å². The van der Waals surface area contributed by atoms with Crippen LogP contribution in [0.25, 0.3) is 11.1 Å². The molecule has 134 valence electrons. The van der Waals surface area contributed by atoms with E-state index in [9.17, 15) is 4.79 Å². The van der Waals surface area contributed by atoms with Gasteiger partial charge in [-0.1, -0.05) is 42.5 Å². The van der Waals surface area contributed by atoms with E-state index < -0.39 is 5.97 Å². The van der Waals surface area contributed by atoms with Gasteiger partial charge in [0.1, 0.15) is 0 Å². The van der Waals surface area contributed by atoms with Crippen LogP contribution in [-0.2, 0) is 13.0 Å². The van der Waals surface area contributed by atoms with Crippen LogP contribution in [0.4, 0.5) is 5.69 Å². The second kappa shape index (κ2) is 6.85. The van der Waals surface area contributed by atoms with Crippen LogP contribution in [0.2, 0.25) is 0 Å². The SMILES string of the molecule is NC(=S)N(Cc1ccc2c(c1)Cc1ccccc1-2)c1ccc(C(=O)O)cc1. The van der Waals surface area contributed by atoms with Crippen LogP contribution in [0, 0.1) is 0 Å². The molecule has 0 fully saturated rings. The third-order valence-electron chi connectivity index (χ3n) is 4.89. The lowest BCUT2D eigenvalue weighted by Gasteiger charge is -2.23. The summed E-state index contributed by atoms with van der Waals surface area (Å²) < 4.78 is 0. The fourth-order valence-corrected chi connectivity index (χ4v) is 3.73. The van der Waals surface area contributed by atoms with Gasteiger partial charge in [0.05, 0.1) is 12.1 Å². The second-order valence-corrected chi connectivity index (χ2v) is 7.02. The van der Waals surface area contributed by atoms with E-state index in [-0.39, 0.29) is 10.7 Å². The topological polar surface area (TPSA) is 66.6 Å². The molecule has 27 heavy (non-hydrogen) atoms. The lowest BCUT2D eigenvalue weighted by atomic mass is 10.0. The maximum absolute atomic E-state index is 11.0. The number of anilines is 1. The number of hydrogen-bond acceptors (Lipinski definition) is 2. The molecule has 3 N–H and O–H groups in total. The summed E-state index contributed by atoms with van der Waals surface area (Å²) in [6.45, 7) is 0.533. The number of carboxylic acids is 1. The van der Waals surface area contributed by atoms with Crippen LogP contribution in [0.15, 0.2) is 66.7 Å². The molecule has 0 bridgehead atoms. The number of rotatable bonds is 4. The van der Waals surface area contributed by atoms with Gasteiger partial charge in [0, 0.05) is 5.69 Å². The molecule has 3 aromatic rings. The minimum Gasteiger partial charge on any atom is -0.478 e. The number of thiocarbonyl (C=S) groups is 1. The van der Waals surface area contributed by atoms with E-state index in [1.807, 2.05) is 4.90 Å². The van der Waals surface area contributed by atoms with Crippen LogP contribution in [0.5, 0.6) is 0 Å². The number of aromatic carboxylic acids is 1. The molecular weight excluding hydrogens is 356 g/mol. The lowest BCUT2D eigenvalue weighted by molar-refractivity contribution is 0.0697. The molecule has 1 aliphatic rings. The van der Waals surface area contributed by atoms with Crippen molar-refractivity contribution in [2.24, 2.45) is 5.73 Å². The average molecular weight is 374 g/mol.